The summed E-state index contributed by atoms with van der Waals surface area (Å²) in [7, 11) is 0. The van der Waals surface area contributed by atoms with Crippen molar-refractivity contribution in [1.29, 1.82) is 0 Å². The Balaban J connectivity index is 1.52. The third kappa shape index (κ3) is 3.46. The summed E-state index contributed by atoms with van der Waals surface area (Å²) in [6, 6.07) is 0. The number of fused-ring (bicyclic) bond motifs is 5. The van der Waals surface area contributed by atoms with Crippen LogP contribution in [0.3, 0.4) is 0 Å². The van der Waals surface area contributed by atoms with Crippen LogP contribution in [0.1, 0.15) is 72.6 Å². The van der Waals surface area contributed by atoms with Gasteiger partial charge in [-0.3, -0.25) is 9.59 Å². The van der Waals surface area contributed by atoms with Crippen LogP contribution in [-0.4, -0.2) is 24.6 Å². The van der Waals surface area contributed by atoms with Crippen LogP contribution < -0.4 is 0 Å². The molecular formula is C26H36O4. The van der Waals surface area contributed by atoms with Crippen molar-refractivity contribution in [1.82, 2.24) is 0 Å². The number of rotatable bonds is 4. The molecule has 0 spiro atoms. The first kappa shape index (κ1) is 21.4. The van der Waals surface area contributed by atoms with E-state index in [1.165, 1.54) is 37.8 Å². The molecule has 30 heavy (non-hydrogen) atoms. The highest BCUT2D eigenvalue weighted by Gasteiger charge is 2.57. The van der Waals surface area contributed by atoms with Gasteiger partial charge in [0.25, 0.3) is 0 Å². The van der Waals surface area contributed by atoms with Crippen molar-refractivity contribution in [3.8, 4) is 0 Å². The van der Waals surface area contributed by atoms with Gasteiger partial charge in [0.05, 0.1) is 0 Å². The molecule has 0 aliphatic heterocycles. The zero-order valence-corrected chi connectivity index (χ0v) is 19.0. The summed E-state index contributed by atoms with van der Waals surface area (Å²) in [5.74, 6) is 1.59. The van der Waals surface area contributed by atoms with Crippen molar-refractivity contribution in [3.63, 3.8) is 0 Å². The van der Waals surface area contributed by atoms with Crippen LogP contribution in [0.2, 0.25) is 0 Å². The summed E-state index contributed by atoms with van der Waals surface area (Å²) in [5.41, 5.74) is 4.18. The lowest BCUT2D eigenvalue weighted by atomic mass is 9.47. The van der Waals surface area contributed by atoms with E-state index in [0.717, 1.165) is 37.7 Å². The van der Waals surface area contributed by atoms with Crippen LogP contribution >= 0.6 is 0 Å². The first-order chi connectivity index (χ1) is 14.1. The van der Waals surface area contributed by atoms with Gasteiger partial charge in [-0.2, -0.15) is 0 Å². The Labute approximate surface area is 180 Å². The van der Waals surface area contributed by atoms with E-state index in [1.54, 1.807) is 0 Å². The van der Waals surface area contributed by atoms with E-state index in [4.69, 9.17) is 9.47 Å². The molecule has 164 valence electrons. The fraction of sp³-hybridized carbons (Fsp3) is 0.692. The van der Waals surface area contributed by atoms with Crippen molar-refractivity contribution in [3.05, 3.63) is 35.5 Å². The van der Waals surface area contributed by atoms with Gasteiger partial charge < -0.3 is 9.47 Å². The van der Waals surface area contributed by atoms with E-state index < -0.39 is 0 Å². The minimum absolute atomic E-state index is 0.0524. The highest BCUT2D eigenvalue weighted by molar-refractivity contribution is 5.66. The van der Waals surface area contributed by atoms with Gasteiger partial charge in [-0.05, 0) is 78.3 Å². The smallest absolute Gasteiger partial charge is 0.302 e. The summed E-state index contributed by atoms with van der Waals surface area (Å²) in [6.45, 7) is 12.4. The molecule has 2 saturated carbocycles. The Bertz CT molecular complexity index is 821. The molecule has 0 radical (unpaired) electrons. The van der Waals surface area contributed by atoms with Crippen molar-refractivity contribution in [2.45, 2.75) is 78.7 Å². The lowest BCUT2D eigenvalue weighted by Gasteiger charge is -2.58. The zero-order chi connectivity index (χ0) is 21.7. The van der Waals surface area contributed by atoms with Crippen LogP contribution in [0.25, 0.3) is 0 Å². The molecular weight excluding hydrogens is 376 g/mol. The molecule has 4 aliphatic carbocycles. The van der Waals surface area contributed by atoms with Gasteiger partial charge in [0.2, 0.25) is 0 Å². The maximum absolute atomic E-state index is 11.4. The molecule has 6 atom stereocenters. The molecule has 0 aromatic heterocycles. The SMILES string of the molecule is C=C(COC(C)=O)C1=CC[C@H]2[C@@H]3CC=C4C[C@@H](OC(C)=O)CC[C@]4(C)[C@H]3CC[C@]12C. The van der Waals surface area contributed by atoms with Crippen LogP contribution in [0.15, 0.2) is 35.5 Å². The quantitative estimate of drug-likeness (QED) is 0.450. The molecule has 4 heteroatoms. The van der Waals surface area contributed by atoms with Crippen molar-refractivity contribution in [2.75, 3.05) is 6.61 Å². The zero-order valence-electron chi connectivity index (χ0n) is 19.0. The maximum Gasteiger partial charge on any atom is 0.302 e. The number of carbonyl (C=O) groups is 2. The average molecular weight is 413 g/mol. The predicted molar refractivity (Wildman–Crippen MR) is 116 cm³/mol. The molecule has 0 saturated heterocycles. The molecule has 0 unspecified atom stereocenters. The molecule has 0 heterocycles. The summed E-state index contributed by atoms with van der Waals surface area (Å²) < 4.78 is 10.8. The number of allylic oxidation sites excluding steroid dienone is 2. The van der Waals surface area contributed by atoms with Crippen LogP contribution in [-0.2, 0) is 19.1 Å². The largest absolute Gasteiger partial charge is 0.462 e. The molecule has 0 aromatic carbocycles. The van der Waals surface area contributed by atoms with Gasteiger partial charge in [0.1, 0.15) is 12.7 Å². The second kappa shape index (κ2) is 7.69. The summed E-state index contributed by atoms with van der Waals surface area (Å²) in [5, 5.41) is 0. The minimum atomic E-state index is -0.248. The highest BCUT2D eigenvalue weighted by atomic mass is 16.5. The monoisotopic (exact) mass is 412 g/mol. The number of ether oxygens (including phenoxy) is 2. The van der Waals surface area contributed by atoms with Crippen LogP contribution in [0.4, 0.5) is 0 Å². The molecule has 0 amide bonds. The molecule has 0 N–H and O–H groups in total. The Morgan fingerprint density at radius 3 is 2.47 bits per heavy atom. The molecule has 0 bridgehead atoms. The van der Waals surface area contributed by atoms with Crippen molar-refractivity contribution < 1.29 is 19.1 Å². The number of hydrogen-bond acceptors (Lipinski definition) is 4. The topological polar surface area (TPSA) is 52.6 Å². The molecule has 0 aromatic rings. The second-order valence-electron chi connectivity index (χ2n) is 10.4. The summed E-state index contributed by atoms with van der Waals surface area (Å²) in [6.07, 6.45) is 12.5. The second-order valence-corrected chi connectivity index (χ2v) is 10.4. The Kier molecular flexibility index (Phi) is 5.48. The maximum atomic E-state index is 11.4. The molecule has 4 aliphatic rings. The van der Waals surface area contributed by atoms with Crippen LogP contribution in [0.5, 0.6) is 0 Å². The highest BCUT2D eigenvalue weighted by Crippen LogP contribution is 2.65. The number of hydrogen-bond donors (Lipinski definition) is 0. The van der Waals surface area contributed by atoms with Crippen molar-refractivity contribution in [2.24, 2.45) is 28.6 Å². The van der Waals surface area contributed by atoms with Gasteiger partial charge in [0.15, 0.2) is 0 Å². The van der Waals surface area contributed by atoms with Crippen LogP contribution in [0, 0.1) is 28.6 Å². The van der Waals surface area contributed by atoms with E-state index >= 15 is 0 Å². The van der Waals surface area contributed by atoms with Gasteiger partial charge >= 0.3 is 11.9 Å². The first-order valence-electron chi connectivity index (χ1n) is 11.5. The van der Waals surface area contributed by atoms with E-state index in [9.17, 15) is 9.59 Å². The number of carbonyl (C=O) groups excluding carboxylic acids is 2. The Morgan fingerprint density at radius 2 is 1.77 bits per heavy atom. The van der Waals surface area contributed by atoms with E-state index in [1.807, 2.05) is 0 Å². The fourth-order valence-electron chi connectivity index (χ4n) is 7.34. The molecule has 2 fully saturated rings. The third-order valence-corrected chi connectivity index (χ3v) is 8.80. The normalized spacial score (nSPS) is 39.6. The fourth-order valence-corrected chi connectivity index (χ4v) is 7.34. The predicted octanol–water partition coefficient (Wildman–Crippen LogP) is 5.54. The van der Waals surface area contributed by atoms with Gasteiger partial charge in [-0.25, -0.2) is 0 Å². The number of esters is 2. The molecule has 4 nitrogen and oxygen atoms in total. The lowest BCUT2D eigenvalue weighted by molar-refractivity contribution is -0.148. The molecule has 4 rings (SSSR count). The summed E-state index contributed by atoms with van der Waals surface area (Å²) >= 11 is 0. The minimum Gasteiger partial charge on any atom is -0.462 e. The standard InChI is InChI=1S/C26H36O4/c1-16(15-29-17(2)27)22-8-9-23-21-7-6-19-14-20(30-18(3)28)10-12-25(19,4)24(21)11-13-26(22,23)5/h6,8,20-21,23-24H,1,7,9-15H2,2-5H3/t20-,21-,23-,24-,25-,26+/m0/s1. The Hall–Kier alpha value is -1.84. The average Bonchev–Trinajstić information content (AvgIpc) is 3.03. The van der Waals surface area contributed by atoms with Gasteiger partial charge in [-0.15, -0.1) is 0 Å². The Morgan fingerprint density at radius 1 is 1.03 bits per heavy atom. The van der Waals surface area contributed by atoms with Gasteiger partial charge in [0, 0.05) is 20.3 Å². The van der Waals surface area contributed by atoms with Crippen molar-refractivity contribution >= 4 is 11.9 Å². The third-order valence-electron chi connectivity index (χ3n) is 8.80. The van der Waals surface area contributed by atoms with E-state index in [-0.39, 0.29) is 28.9 Å². The first-order valence-corrected chi connectivity index (χ1v) is 11.5. The van der Waals surface area contributed by atoms with Gasteiger partial charge in [-0.1, -0.05) is 38.2 Å². The summed E-state index contributed by atoms with van der Waals surface area (Å²) in [4.78, 5) is 22.7. The van der Waals surface area contributed by atoms with E-state index in [2.05, 4.69) is 32.6 Å². The lowest BCUT2D eigenvalue weighted by Crippen LogP contribution is -2.50. The van der Waals surface area contributed by atoms with E-state index in [0.29, 0.717) is 24.4 Å².